The number of benzene rings is 1. The van der Waals surface area contributed by atoms with Gasteiger partial charge in [-0.05, 0) is 30.0 Å². The molecule has 1 aromatic rings. The Morgan fingerprint density at radius 2 is 1.48 bits per heavy atom. The molecule has 25 heavy (non-hydrogen) atoms. The van der Waals surface area contributed by atoms with E-state index in [2.05, 4.69) is 25.1 Å². The van der Waals surface area contributed by atoms with E-state index in [1.54, 1.807) is 18.7 Å². The summed E-state index contributed by atoms with van der Waals surface area (Å²) in [6.07, 6.45) is 1.04. The Labute approximate surface area is 164 Å². The average molecular weight is 387 g/mol. The van der Waals surface area contributed by atoms with Crippen LogP contribution in [0.2, 0.25) is 0 Å². The van der Waals surface area contributed by atoms with Gasteiger partial charge in [0.05, 0.1) is 6.04 Å². The number of ketones is 1. The van der Waals surface area contributed by atoms with Gasteiger partial charge in [-0.15, -0.1) is 0 Å². The number of nitrogens with two attached hydrogens (primary N) is 2. The fourth-order valence-corrected chi connectivity index (χ4v) is 3.63. The first kappa shape index (κ1) is 26.7. The van der Waals surface area contributed by atoms with Crippen molar-refractivity contribution in [2.45, 2.75) is 65.5 Å². The molecule has 0 saturated carbocycles. The first-order valence-electron chi connectivity index (χ1n) is 9.30. The van der Waals surface area contributed by atoms with Crippen LogP contribution in [-0.4, -0.2) is 29.9 Å². The topological polar surface area (TPSA) is 69.1 Å². The van der Waals surface area contributed by atoms with Crippen LogP contribution < -0.4 is 11.5 Å². The van der Waals surface area contributed by atoms with Gasteiger partial charge in [0.25, 0.3) is 0 Å². The second-order valence-electron chi connectivity index (χ2n) is 5.08. The lowest BCUT2D eigenvalue weighted by Crippen LogP contribution is -2.30. The highest BCUT2D eigenvalue weighted by atomic mass is 32.2. The largest absolute Gasteiger partial charge is 0.330 e. The number of hydrogen-bond donors (Lipinski definition) is 2. The Balaban J connectivity index is 0. The number of carbonyl (C=O) groups excluding carboxylic acids is 1. The number of thioether (sulfide) groups is 2. The molecule has 4 N–H and O–H groups in total. The quantitative estimate of drug-likeness (QED) is 0.573. The van der Waals surface area contributed by atoms with Crippen LogP contribution in [0.4, 0.5) is 0 Å². The molecule has 5 heteroatoms. The molecule has 1 atom stereocenters. The van der Waals surface area contributed by atoms with E-state index < -0.39 is 0 Å². The third-order valence-electron chi connectivity index (χ3n) is 3.14. The third-order valence-corrected chi connectivity index (χ3v) is 5.33. The van der Waals surface area contributed by atoms with Crippen LogP contribution in [0.1, 0.15) is 58.2 Å². The van der Waals surface area contributed by atoms with Crippen molar-refractivity contribution in [1.29, 1.82) is 0 Å². The predicted octanol–water partition coefficient (Wildman–Crippen LogP) is 4.64. The van der Waals surface area contributed by atoms with Gasteiger partial charge in [0.15, 0.2) is 0 Å². The molecule has 1 rings (SSSR count). The van der Waals surface area contributed by atoms with E-state index >= 15 is 0 Å². The van der Waals surface area contributed by atoms with E-state index in [0.29, 0.717) is 5.75 Å². The van der Waals surface area contributed by atoms with Crippen molar-refractivity contribution in [2.24, 2.45) is 11.5 Å². The first-order valence-corrected chi connectivity index (χ1v) is 11.6. The molecule has 0 radical (unpaired) electrons. The molecule has 0 spiro atoms. The first-order chi connectivity index (χ1) is 12.1. The van der Waals surface area contributed by atoms with Gasteiger partial charge in [-0.2, -0.15) is 23.5 Å². The van der Waals surface area contributed by atoms with E-state index in [0.717, 1.165) is 30.2 Å². The van der Waals surface area contributed by atoms with Gasteiger partial charge in [-0.25, -0.2) is 0 Å². The zero-order chi connectivity index (χ0) is 19.7. The van der Waals surface area contributed by atoms with Crippen LogP contribution in [0.5, 0.6) is 0 Å². The highest BCUT2D eigenvalue weighted by molar-refractivity contribution is 7.98. The molecule has 0 aromatic heterocycles. The number of aryl methyl sites for hydroxylation is 1. The highest BCUT2D eigenvalue weighted by Crippen LogP contribution is 2.20. The van der Waals surface area contributed by atoms with Crippen molar-refractivity contribution in [1.82, 2.24) is 0 Å². The van der Waals surface area contributed by atoms with Crippen LogP contribution in [0.15, 0.2) is 18.2 Å². The molecule has 0 aliphatic carbocycles. The van der Waals surface area contributed by atoms with Crippen LogP contribution in [0.25, 0.3) is 0 Å². The van der Waals surface area contributed by atoms with Gasteiger partial charge in [-0.1, -0.05) is 52.8 Å². The van der Waals surface area contributed by atoms with Crippen molar-refractivity contribution in [3.8, 4) is 0 Å². The van der Waals surface area contributed by atoms with Gasteiger partial charge < -0.3 is 11.5 Å². The summed E-state index contributed by atoms with van der Waals surface area (Å²) < 4.78 is 0. The van der Waals surface area contributed by atoms with Crippen LogP contribution in [0, 0.1) is 0 Å². The molecule has 0 heterocycles. The summed E-state index contributed by atoms with van der Waals surface area (Å²) in [5, 5.41) is 0. The molecular weight excluding hydrogens is 348 g/mol. The number of Topliss-reactive ketones (excluding diaryl/α,β-unsaturated/α-hetero) is 1. The molecule has 0 aliphatic rings. The minimum absolute atomic E-state index is 0.0590. The monoisotopic (exact) mass is 386 g/mol. The van der Waals surface area contributed by atoms with E-state index in [1.807, 2.05) is 39.5 Å². The smallest absolute Gasteiger partial charge is 0.147 e. The van der Waals surface area contributed by atoms with Crippen molar-refractivity contribution >= 4 is 29.3 Å². The third kappa shape index (κ3) is 13.4. The second-order valence-corrected chi connectivity index (χ2v) is 7.22. The fraction of sp³-hybridized carbons (Fsp3) is 0.650. The summed E-state index contributed by atoms with van der Waals surface area (Å²) in [7, 11) is 0. The minimum Gasteiger partial charge on any atom is -0.330 e. The molecule has 1 aromatic carbocycles. The van der Waals surface area contributed by atoms with E-state index in [4.69, 9.17) is 11.5 Å². The maximum Gasteiger partial charge on any atom is 0.147 e. The molecule has 0 bridgehead atoms. The Kier molecular flexibility index (Phi) is 19.6. The summed E-state index contributed by atoms with van der Waals surface area (Å²) in [6, 6.07) is 6.45. The lowest BCUT2D eigenvalue weighted by Gasteiger charge is -2.10. The van der Waals surface area contributed by atoms with Gasteiger partial charge in [0, 0.05) is 29.6 Å². The Morgan fingerprint density at radius 3 is 1.92 bits per heavy atom. The molecular formula is C20H38N2OS2. The SMILES string of the molecule is CC.CC.CCc1cc(CSCCN)cc(CSCC(N)C(C)=O)c1. The summed E-state index contributed by atoms with van der Waals surface area (Å²) >= 11 is 3.60. The van der Waals surface area contributed by atoms with Gasteiger partial charge >= 0.3 is 0 Å². The van der Waals surface area contributed by atoms with E-state index in [9.17, 15) is 4.79 Å². The Hall–Kier alpha value is -0.490. The van der Waals surface area contributed by atoms with Gasteiger partial charge in [-0.3, -0.25) is 4.79 Å². The van der Waals surface area contributed by atoms with Crippen molar-refractivity contribution in [3.63, 3.8) is 0 Å². The summed E-state index contributed by atoms with van der Waals surface area (Å²) in [5.74, 6) is 3.65. The van der Waals surface area contributed by atoms with Gasteiger partial charge in [0.2, 0.25) is 0 Å². The fourth-order valence-electron chi connectivity index (χ4n) is 1.90. The molecule has 0 amide bonds. The van der Waals surface area contributed by atoms with Crippen LogP contribution >= 0.6 is 23.5 Å². The molecule has 0 fully saturated rings. The Morgan fingerprint density at radius 1 is 1.00 bits per heavy atom. The highest BCUT2D eigenvalue weighted by Gasteiger charge is 2.08. The molecule has 1 unspecified atom stereocenters. The second kappa shape index (κ2) is 18.3. The average Bonchev–Trinajstić information content (AvgIpc) is 2.65. The molecule has 0 aliphatic heterocycles. The normalized spacial score (nSPS) is 10.9. The van der Waals surface area contributed by atoms with Crippen LogP contribution in [0.3, 0.4) is 0 Å². The summed E-state index contributed by atoms with van der Waals surface area (Å²) in [5.41, 5.74) is 15.3. The zero-order valence-electron chi connectivity index (χ0n) is 16.9. The number of carbonyl (C=O) groups is 1. The molecule has 3 nitrogen and oxygen atoms in total. The van der Waals surface area contributed by atoms with E-state index in [1.165, 1.54) is 16.7 Å². The standard InChI is InChI=1S/C16H26N2OS2.2C2H6/c1-3-13-6-14(9-20-5-4-17)8-15(7-13)10-21-11-16(18)12(2)19;2*1-2/h6-8,16H,3-5,9-11,17-18H2,1-2H3;2*1-2H3. The lowest BCUT2D eigenvalue weighted by molar-refractivity contribution is -0.117. The predicted molar refractivity (Wildman–Crippen MR) is 119 cm³/mol. The number of hydrogen-bond acceptors (Lipinski definition) is 5. The molecule has 0 saturated heterocycles. The zero-order valence-corrected chi connectivity index (χ0v) is 18.6. The Bertz CT molecular complexity index is 453. The van der Waals surface area contributed by atoms with Crippen molar-refractivity contribution in [2.75, 3.05) is 18.1 Å². The maximum atomic E-state index is 11.1. The van der Waals surface area contributed by atoms with Gasteiger partial charge in [0.1, 0.15) is 5.78 Å². The maximum absolute atomic E-state index is 11.1. The summed E-state index contributed by atoms with van der Waals surface area (Å²) in [6.45, 7) is 12.5. The number of rotatable bonds is 10. The van der Waals surface area contributed by atoms with Crippen LogP contribution in [-0.2, 0) is 22.7 Å². The van der Waals surface area contributed by atoms with E-state index in [-0.39, 0.29) is 11.8 Å². The lowest BCUT2D eigenvalue weighted by atomic mass is 10.1. The van der Waals surface area contributed by atoms with Crippen molar-refractivity contribution in [3.05, 3.63) is 34.9 Å². The van der Waals surface area contributed by atoms with Crippen molar-refractivity contribution < 1.29 is 4.79 Å². The minimum atomic E-state index is -0.344. The molecule has 146 valence electrons. The summed E-state index contributed by atoms with van der Waals surface area (Å²) in [4.78, 5) is 11.1.